The number of carbonyl (C=O) groups is 1. The summed E-state index contributed by atoms with van der Waals surface area (Å²) in [5.41, 5.74) is 6.28. The van der Waals surface area contributed by atoms with Gasteiger partial charge in [-0.2, -0.15) is 0 Å². The van der Waals surface area contributed by atoms with Crippen LogP contribution in [0.15, 0.2) is 34.9 Å². The summed E-state index contributed by atoms with van der Waals surface area (Å²) >= 11 is 0. The maximum absolute atomic E-state index is 11.6. The van der Waals surface area contributed by atoms with Gasteiger partial charge in [-0.15, -0.1) is 12.4 Å². The second-order valence-electron chi connectivity index (χ2n) is 4.32. The van der Waals surface area contributed by atoms with Gasteiger partial charge in [-0.05, 0) is 5.56 Å². The molecule has 1 aromatic carbocycles. The first kappa shape index (κ1) is 16.1. The lowest BCUT2D eigenvalue weighted by molar-refractivity contribution is -0.783. The standard InChI is InChI=1S/C13H15N3O3.ClH/c1-9(7-10-5-3-2-4-6-10)16-12(11(17)8-14)13(18)19-15-16;/h2-6,9H,7-8,14H2,1H3;1H. The van der Waals surface area contributed by atoms with Crippen molar-refractivity contribution in [3.8, 4) is 5.95 Å². The molecule has 0 spiro atoms. The molecule has 0 radical (unpaired) electrons. The van der Waals surface area contributed by atoms with Crippen LogP contribution in [0.4, 0.5) is 0 Å². The number of hydrogen-bond donors (Lipinski definition) is 1. The van der Waals surface area contributed by atoms with E-state index in [4.69, 9.17) is 5.73 Å². The maximum atomic E-state index is 11.6. The smallest absolute Gasteiger partial charge is 0.301 e. The van der Waals surface area contributed by atoms with E-state index < -0.39 is 11.7 Å². The molecule has 20 heavy (non-hydrogen) atoms. The van der Waals surface area contributed by atoms with E-state index in [1.54, 1.807) is 0 Å². The second kappa shape index (κ2) is 7.02. The van der Waals surface area contributed by atoms with Crippen LogP contribution in [0.5, 0.6) is 5.95 Å². The Morgan fingerprint density at radius 2 is 2.10 bits per heavy atom. The molecule has 0 aliphatic heterocycles. The van der Waals surface area contributed by atoms with E-state index >= 15 is 0 Å². The summed E-state index contributed by atoms with van der Waals surface area (Å²) in [6.07, 6.45) is 0.641. The molecule has 108 valence electrons. The third kappa shape index (κ3) is 3.34. The molecule has 0 saturated carbocycles. The first-order valence-electron chi connectivity index (χ1n) is 5.99. The van der Waals surface area contributed by atoms with E-state index in [1.807, 2.05) is 37.3 Å². The summed E-state index contributed by atoms with van der Waals surface area (Å²) in [5.74, 6) is -1.21. The minimum atomic E-state index is -0.740. The molecular formula is C13H16ClN3O3. The largest absolute Gasteiger partial charge is 0.539 e. The number of carbonyl (C=O) groups excluding carboxylic acids is 1. The van der Waals surface area contributed by atoms with Gasteiger partial charge in [-0.3, -0.25) is 4.79 Å². The average molecular weight is 298 g/mol. The zero-order chi connectivity index (χ0) is 13.8. The van der Waals surface area contributed by atoms with Crippen LogP contribution in [0.3, 0.4) is 0 Å². The van der Waals surface area contributed by atoms with Gasteiger partial charge in [-0.25, -0.2) is 0 Å². The normalized spacial score (nSPS) is 11.7. The Morgan fingerprint density at radius 3 is 2.70 bits per heavy atom. The van der Waals surface area contributed by atoms with Crippen LogP contribution < -0.4 is 15.5 Å². The first-order valence-corrected chi connectivity index (χ1v) is 5.99. The highest BCUT2D eigenvalue weighted by atomic mass is 35.5. The van der Waals surface area contributed by atoms with Gasteiger partial charge in [0.05, 0.1) is 11.8 Å². The summed E-state index contributed by atoms with van der Waals surface area (Å²) in [6.45, 7) is 1.62. The Morgan fingerprint density at radius 1 is 1.45 bits per heavy atom. The van der Waals surface area contributed by atoms with Crippen molar-refractivity contribution >= 4 is 18.2 Å². The third-order valence-corrected chi connectivity index (χ3v) is 2.88. The fourth-order valence-electron chi connectivity index (χ4n) is 1.94. The molecule has 0 amide bonds. The van der Waals surface area contributed by atoms with Gasteiger partial charge in [0, 0.05) is 13.3 Å². The van der Waals surface area contributed by atoms with Gasteiger partial charge >= 0.3 is 5.69 Å². The summed E-state index contributed by atoms with van der Waals surface area (Å²) in [7, 11) is 0. The van der Waals surface area contributed by atoms with Gasteiger partial charge < -0.3 is 15.4 Å². The lowest BCUT2D eigenvalue weighted by Crippen LogP contribution is -2.46. The fraction of sp³-hybridized carbons (Fsp3) is 0.308. The summed E-state index contributed by atoms with van der Waals surface area (Å²) < 4.78 is 5.87. The molecule has 2 rings (SSSR count). The van der Waals surface area contributed by atoms with Gasteiger partial charge in [0.15, 0.2) is 12.0 Å². The van der Waals surface area contributed by atoms with Crippen molar-refractivity contribution in [3.05, 3.63) is 41.6 Å². The van der Waals surface area contributed by atoms with Crippen molar-refractivity contribution in [3.63, 3.8) is 0 Å². The van der Waals surface area contributed by atoms with Crippen molar-refractivity contribution in [1.29, 1.82) is 0 Å². The SMILES string of the molecule is CC(Cc1ccccc1)[n+]1noc([O-])c1C(=O)CN.Cl. The highest BCUT2D eigenvalue weighted by Gasteiger charge is 2.28. The van der Waals surface area contributed by atoms with E-state index in [0.29, 0.717) is 6.42 Å². The second-order valence-corrected chi connectivity index (χ2v) is 4.32. The number of ketones is 1. The Kier molecular flexibility index (Phi) is 5.66. The molecule has 1 unspecified atom stereocenters. The number of benzene rings is 1. The molecule has 2 N–H and O–H groups in total. The molecule has 7 heteroatoms. The molecule has 1 atom stereocenters. The number of nitrogens with zero attached hydrogens (tertiary/aromatic N) is 2. The highest BCUT2D eigenvalue weighted by molar-refractivity contribution is 5.95. The van der Waals surface area contributed by atoms with E-state index in [-0.39, 0.29) is 30.7 Å². The Bertz CT molecular complexity index is 571. The predicted molar refractivity (Wildman–Crippen MR) is 71.6 cm³/mol. The molecule has 1 heterocycles. The highest BCUT2D eigenvalue weighted by Crippen LogP contribution is 2.13. The van der Waals surface area contributed by atoms with Crippen LogP contribution in [0.1, 0.15) is 29.0 Å². The fourth-order valence-corrected chi connectivity index (χ4v) is 1.94. The Balaban J connectivity index is 0.00000200. The average Bonchev–Trinajstić information content (AvgIpc) is 2.81. The molecule has 1 aromatic heterocycles. The molecule has 0 fully saturated rings. The van der Waals surface area contributed by atoms with E-state index in [2.05, 4.69) is 9.79 Å². The lowest BCUT2D eigenvalue weighted by atomic mass is 10.1. The van der Waals surface area contributed by atoms with Crippen LogP contribution in [-0.2, 0) is 6.42 Å². The number of Topliss-reactive ketones (excluding diaryl/α,β-unsaturated/α-hetero) is 1. The zero-order valence-electron chi connectivity index (χ0n) is 11.0. The predicted octanol–water partition coefficient (Wildman–Crippen LogP) is 0.403. The van der Waals surface area contributed by atoms with Crippen molar-refractivity contribution in [2.24, 2.45) is 5.73 Å². The Hall–Kier alpha value is -1.92. The van der Waals surface area contributed by atoms with Crippen molar-refractivity contribution < 1.29 is 19.1 Å². The van der Waals surface area contributed by atoms with Crippen LogP contribution in [0.25, 0.3) is 0 Å². The molecule has 6 nitrogen and oxygen atoms in total. The van der Waals surface area contributed by atoms with Crippen LogP contribution in [0.2, 0.25) is 0 Å². The number of hydrogen-bond acceptors (Lipinski definition) is 5. The topological polar surface area (TPSA) is 96.1 Å². The summed E-state index contributed by atoms with van der Waals surface area (Å²) in [5, 5.41) is 15.1. The molecule has 2 aromatic rings. The Labute approximate surface area is 122 Å². The number of nitrogens with two attached hydrogens (primary N) is 1. The van der Waals surface area contributed by atoms with Gasteiger partial charge in [-0.1, -0.05) is 35.0 Å². The van der Waals surface area contributed by atoms with E-state index in [0.717, 1.165) is 5.56 Å². The molecule has 0 bridgehead atoms. The monoisotopic (exact) mass is 297 g/mol. The number of rotatable bonds is 5. The van der Waals surface area contributed by atoms with E-state index in [9.17, 15) is 9.90 Å². The minimum absolute atomic E-state index is 0. The summed E-state index contributed by atoms with van der Waals surface area (Å²) in [4.78, 5) is 11.6. The van der Waals surface area contributed by atoms with Crippen molar-refractivity contribution in [2.45, 2.75) is 19.4 Å². The molecular weight excluding hydrogens is 282 g/mol. The lowest BCUT2D eigenvalue weighted by Gasteiger charge is -2.05. The first-order chi connectivity index (χ1) is 9.13. The van der Waals surface area contributed by atoms with Crippen LogP contribution >= 0.6 is 12.4 Å². The van der Waals surface area contributed by atoms with Gasteiger partial charge in [0.2, 0.25) is 5.78 Å². The number of aromatic nitrogens is 2. The van der Waals surface area contributed by atoms with Crippen LogP contribution in [-0.4, -0.2) is 17.6 Å². The maximum Gasteiger partial charge on any atom is 0.301 e. The van der Waals surface area contributed by atoms with Crippen LogP contribution in [0, 0.1) is 0 Å². The van der Waals surface area contributed by atoms with Gasteiger partial charge in [0.1, 0.15) is 0 Å². The molecule has 0 aliphatic carbocycles. The summed E-state index contributed by atoms with van der Waals surface area (Å²) in [6, 6.07) is 9.57. The quantitative estimate of drug-likeness (QED) is 0.636. The van der Waals surface area contributed by atoms with Gasteiger partial charge in [0.25, 0.3) is 0 Å². The minimum Gasteiger partial charge on any atom is -0.539 e. The number of halogens is 1. The zero-order valence-corrected chi connectivity index (χ0v) is 11.8. The van der Waals surface area contributed by atoms with E-state index in [1.165, 1.54) is 4.68 Å². The van der Waals surface area contributed by atoms with Crippen molar-refractivity contribution in [2.75, 3.05) is 6.54 Å². The van der Waals surface area contributed by atoms with Crippen molar-refractivity contribution in [1.82, 2.24) is 5.27 Å². The third-order valence-electron chi connectivity index (χ3n) is 2.88. The molecule has 0 saturated heterocycles. The molecule has 0 aliphatic rings.